The van der Waals surface area contributed by atoms with E-state index < -0.39 is 0 Å². The average molecular weight is 80.1 g/mol. The van der Waals surface area contributed by atoms with E-state index in [1.54, 1.807) is 6.21 Å². The Morgan fingerprint density at radius 1 is 2.00 bits per heavy atom. The van der Waals surface area contributed by atoms with E-state index in [0.29, 0.717) is 0 Å². The van der Waals surface area contributed by atoms with Crippen molar-refractivity contribution in [1.29, 1.82) is 0 Å². The molecule has 0 unspecified atom stereocenters. The van der Waals surface area contributed by atoms with Gasteiger partial charge in [-0.25, -0.2) is 4.99 Å². The van der Waals surface area contributed by atoms with Gasteiger partial charge in [0.25, 0.3) is 0 Å². The molecule has 0 bridgehead atoms. The first-order valence-electron chi connectivity index (χ1n) is 1.74. The minimum absolute atomic E-state index is 0.273. The minimum atomic E-state index is 0.273. The Morgan fingerprint density at radius 2 is 2.83 bits per heavy atom. The molecule has 0 amide bonds. The first-order valence-corrected chi connectivity index (χ1v) is 1.74. The number of hydrogen-bond donors (Lipinski definition) is 1. The van der Waals surface area contributed by atoms with Crippen LogP contribution in [0.25, 0.3) is 0 Å². The van der Waals surface area contributed by atoms with Crippen molar-refractivity contribution in [1.82, 2.24) is 5.32 Å². The van der Waals surface area contributed by atoms with Crippen molar-refractivity contribution in [2.75, 3.05) is 6.54 Å². The molecule has 0 spiro atoms. The van der Waals surface area contributed by atoms with Crippen LogP contribution < -0.4 is 5.32 Å². The molecule has 0 aromatic carbocycles. The quantitative estimate of drug-likeness (QED) is 0.428. The molecular formula is C4H4N2. The molecule has 2 nitrogen and oxygen atoms in total. The molecule has 2 heteroatoms. The van der Waals surface area contributed by atoms with Crippen molar-refractivity contribution in [2.45, 2.75) is 0 Å². The Kier molecular flexibility index (Phi) is 0.638. The first kappa shape index (κ1) is 3.40. The summed E-state index contributed by atoms with van der Waals surface area (Å²) in [6.45, 7) is 7.46. The highest BCUT2D eigenvalue weighted by molar-refractivity contribution is 5.64. The second kappa shape index (κ2) is 1.12. The Morgan fingerprint density at radius 3 is 3.00 bits per heavy atom. The van der Waals surface area contributed by atoms with Crippen LogP contribution in [0.4, 0.5) is 0 Å². The van der Waals surface area contributed by atoms with Gasteiger partial charge in [0, 0.05) is 12.8 Å². The smallest absolute Gasteiger partial charge is 0.134 e. The molecule has 0 saturated heterocycles. The standard InChI is InChI=1S/C4H4N2/c1-4-5-2-3-6-4/h2,6H,3H2. The molecule has 0 aromatic rings. The second-order valence-corrected chi connectivity index (χ2v) is 1.04. The Labute approximate surface area is 36.6 Å². The van der Waals surface area contributed by atoms with Crippen molar-refractivity contribution in [2.24, 2.45) is 4.99 Å². The van der Waals surface area contributed by atoms with Crippen LogP contribution >= 0.6 is 0 Å². The first-order chi connectivity index (χ1) is 2.89. The molecule has 0 atom stereocenters. The van der Waals surface area contributed by atoms with Gasteiger partial charge in [-0.15, -0.1) is 0 Å². The third-order valence-electron chi connectivity index (χ3n) is 0.581. The second-order valence-electron chi connectivity index (χ2n) is 1.04. The summed E-state index contributed by atoms with van der Waals surface area (Å²) in [6, 6.07) is 0. The van der Waals surface area contributed by atoms with Crippen LogP contribution in [0.1, 0.15) is 0 Å². The van der Waals surface area contributed by atoms with Crippen LogP contribution in [0.2, 0.25) is 0 Å². The van der Waals surface area contributed by atoms with Gasteiger partial charge in [0.05, 0.1) is 6.54 Å². The van der Waals surface area contributed by atoms with Gasteiger partial charge in [0.1, 0.15) is 5.82 Å². The highest BCUT2D eigenvalue weighted by atomic mass is 15.1. The number of rotatable bonds is 0. The van der Waals surface area contributed by atoms with E-state index in [2.05, 4.69) is 10.3 Å². The maximum Gasteiger partial charge on any atom is 0.134 e. The summed E-state index contributed by atoms with van der Waals surface area (Å²) in [7, 11) is 0. The van der Waals surface area contributed by atoms with Crippen LogP contribution in [-0.4, -0.2) is 12.8 Å². The van der Waals surface area contributed by atoms with Gasteiger partial charge in [-0.05, 0) is 0 Å². The molecular weight excluding hydrogens is 76.1 g/mol. The zero-order valence-electron chi connectivity index (χ0n) is 3.23. The van der Waals surface area contributed by atoms with Gasteiger partial charge in [-0.1, -0.05) is 0 Å². The van der Waals surface area contributed by atoms with E-state index in [-0.39, 0.29) is 5.82 Å². The summed E-state index contributed by atoms with van der Waals surface area (Å²) in [5.74, 6) is 0.273. The molecule has 0 aromatic heterocycles. The van der Waals surface area contributed by atoms with Crippen LogP contribution in [0.5, 0.6) is 0 Å². The summed E-state index contributed by atoms with van der Waals surface area (Å²) in [6.07, 6.45) is 1.67. The number of nitrogens with zero attached hydrogens (tertiary/aromatic N) is 1. The van der Waals surface area contributed by atoms with Crippen molar-refractivity contribution >= 4 is 6.21 Å². The molecule has 1 aliphatic rings. The minimum Gasteiger partial charge on any atom is -0.365 e. The topological polar surface area (TPSA) is 24.4 Å². The van der Waals surface area contributed by atoms with Gasteiger partial charge in [-0.3, -0.25) is 0 Å². The Bertz CT molecular complexity index is 93.7. The van der Waals surface area contributed by atoms with Gasteiger partial charge >= 0.3 is 0 Å². The highest BCUT2D eigenvalue weighted by Gasteiger charge is 1.90. The SMILES string of the molecule is [C]=C1N=CCN1. The maximum absolute atomic E-state index is 6.74. The van der Waals surface area contributed by atoms with E-state index >= 15 is 0 Å². The fourth-order valence-corrected chi connectivity index (χ4v) is 0.325. The lowest BCUT2D eigenvalue weighted by Crippen LogP contribution is -2.04. The fourth-order valence-electron chi connectivity index (χ4n) is 0.325. The van der Waals surface area contributed by atoms with Crippen LogP contribution in [0.15, 0.2) is 10.8 Å². The summed E-state index contributed by atoms with van der Waals surface area (Å²) >= 11 is 0. The summed E-state index contributed by atoms with van der Waals surface area (Å²) in [5.41, 5.74) is 0. The van der Waals surface area contributed by atoms with E-state index in [4.69, 9.17) is 6.58 Å². The monoisotopic (exact) mass is 80.0 g/mol. The molecule has 30 valence electrons. The van der Waals surface area contributed by atoms with Crippen molar-refractivity contribution < 1.29 is 0 Å². The molecule has 0 saturated carbocycles. The molecule has 6 heavy (non-hydrogen) atoms. The number of nitrogens with one attached hydrogen (secondary N) is 1. The van der Waals surface area contributed by atoms with Gasteiger partial charge < -0.3 is 5.32 Å². The van der Waals surface area contributed by atoms with Gasteiger partial charge in [0.2, 0.25) is 0 Å². The van der Waals surface area contributed by atoms with Gasteiger partial charge in [-0.2, -0.15) is 0 Å². The van der Waals surface area contributed by atoms with Crippen LogP contribution in [0.3, 0.4) is 0 Å². The third-order valence-corrected chi connectivity index (χ3v) is 0.581. The lowest BCUT2D eigenvalue weighted by Gasteiger charge is -1.84. The lowest BCUT2D eigenvalue weighted by atomic mass is 10.7. The molecule has 1 N–H and O–H groups in total. The normalized spacial score (nSPS) is 18.3. The van der Waals surface area contributed by atoms with E-state index in [9.17, 15) is 0 Å². The predicted molar refractivity (Wildman–Crippen MR) is 23.3 cm³/mol. The third kappa shape index (κ3) is 0.407. The van der Waals surface area contributed by atoms with Crippen molar-refractivity contribution in [3.05, 3.63) is 12.4 Å². The number of aliphatic imine (C=N–C) groups is 1. The molecule has 1 aliphatic heterocycles. The molecule has 1 rings (SSSR count). The van der Waals surface area contributed by atoms with Crippen LogP contribution in [-0.2, 0) is 0 Å². The molecule has 0 aliphatic carbocycles. The average Bonchev–Trinajstić information content (AvgIpc) is 1.86. The highest BCUT2D eigenvalue weighted by Crippen LogP contribution is 1.86. The summed E-state index contributed by atoms with van der Waals surface area (Å²) < 4.78 is 0. The van der Waals surface area contributed by atoms with Crippen molar-refractivity contribution in [3.63, 3.8) is 0 Å². The van der Waals surface area contributed by atoms with E-state index in [1.165, 1.54) is 0 Å². The zero-order chi connectivity index (χ0) is 4.41. The predicted octanol–water partition coefficient (Wildman–Crippen LogP) is -0.188. The summed E-state index contributed by atoms with van der Waals surface area (Å²) in [4.78, 5) is 3.58. The maximum atomic E-state index is 6.74. The Balaban J connectivity index is 2.59. The fraction of sp³-hybridized carbons (Fsp3) is 0.250. The largest absolute Gasteiger partial charge is 0.365 e. The van der Waals surface area contributed by atoms with Crippen LogP contribution in [0, 0.1) is 6.58 Å². The lowest BCUT2D eigenvalue weighted by molar-refractivity contribution is 0.975. The van der Waals surface area contributed by atoms with E-state index in [1.807, 2.05) is 0 Å². The van der Waals surface area contributed by atoms with Crippen molar-refractivity contribution in [3.8, 4) is 0 Å². The summed E-state index contributed by atoms with van der Waals surface area (Å²) in [5, 5.41) is 2.68. The molecule has 0 fully saturated rings. The Hall–Kier alpha value is -0.790. The zero-order valence-corrected chi connectivity index (χ0v) is 3.23. The molecule has 2 radical (unpaired) electrons. The number of hydrogen-bond acceptors (Lipinski definition) is 2. The van der Waals surface area contributed by atoms with Gasteiger partial charge in [0.15, 0.2) is 0 Å². The van der Waals surface area contributed by atoms with E-state index in [0.717, 1.165) is 6.54 Å². The molecule has 1 heterocycles.